The van der Waals surface area contributed by atoms with Gasteiger partial charge >= 0.3 is 0 Å². The molecule has 0 unspecified atom stereocenters. The Bertz CT molecular complexity index is 1730. The summed E-state index contributed by atoms with van der Waals surface area (Å²) >= 11 is 4.71. The van der Waals surface area contributed by atoms with Gasteiger partial charge in [0.05, 0.1) is 34.8 Å². The van der Waals surface area contributed by atoms with Crippen molar-refractivity contribution in [3.8, 4) is 0 Å². The monoisotopic (exact) mass is 641 g/mol. The van der Waals surface area contributed by atoms with Crippen LogP contribution in [0.25, 0.3) is 16.3 Å². The Morgan fingerprint density at radius 2 is 1.95 bits per heavy atom. The first-order valence-electron chi connectivity index (χ1n) is 13.9. The predicted molar refractivity (Wildman–Crippen MR) is 176 cm³/mol. The zero-order valence-electron chi connectivity index (χ0n) is 24.8. The number of aromatic nitrogens is 1. The highest BCUT2D eigenvalue weighted by atomic mass is 32.2. The lowest BCUT2D eigenvalue weighted by molar-refractivity contribution is -0.665. The number of benzene rings is 2. The van der Waals surface area contributed by atoms with Gasteiger partial charge in [-0.15, -0.1) is 0 Å². The minimum atomic E-state index is -3.26. The number of thiazole rings is 1. The van der Waals surface area contributed by atoms with Crippen LogP contribution in [0.4, 0.5) is 5.69 Å². The zero-order chi connectivity index (χ0) is 30.1. The Morgan fingerprint density at radius 3 is 2.67 bits per heavy atom. The van der Waals surface area contributed by atoms with E-state index in [1.54, 1.807) is 23.5 Å². The molecule has 0 fully saturated rings. The lowest BCUT2D eigenvalue weighted by Gasteiger charge is -2.31. The lowest BCUT2D eigenvalue weighted by Crippen LogP contribution is -2.33. The molecule has 0 atom stereocenters. The molecule has 6 nitrogen and oxygen atoms in total. The van der Waals surface area contributed by atoms with E-state index >= 15 is 0 Å². The van der Waals surface area contributed by atoms with Crippen molar-refractivity contribution in [1.82, 2.24) is 0 Å². The summed E-state index contributed by atoms with van der Waals surface area (Å²) in [5.74, 6) is 0. The van der Waals surface area contributed by atoms with Gasteiger partial charge in [0.15, 0.2) is 9.84 Å². The predicted octanol–water partition coefficient (Wildman–Crippen LogP) is 8.36. The second kappa shape index (κ2) is 12.7. The maximum absolute atomic E-state index is 12.1. The van der Waals surface area contributed by atoms with Crippen LogP contribution in [-0.4, -0.2) is 28.3 Å². The summed E-state index contributed by atoms with van der Waals surface area (Å²) in [4.78, 5) is 9.73. The van der Waals surface area contributed by atoms with E-state index < -0.39 is 9.84 Å². The molecule has 1 aromatic heterocycles. The quantitative estimate of drug-likeness (QED) is 0.101. The second-order valence-electron chi connectivity index (χ2n) is 11.2. The molecule has 2 aliphatic rings. The summed E-state index contributed by atoms with van der Waals surface area (Å²) in [5, 5.41) is 2.34. The van der Waals surface area contributed by atoms with Crippen molar-refractivity contribution in [2.75, 3.05) is 24.8 Å². The molecule has 3 aromatic rings. The van der Waals surface area contributed by atoms with Crippen LogP contribution in [0, 0.1) is 5.41 Å². The molecule has 1 aliphatic carbocycles. The normalized spacial score (nSPS) is 18.9. The second-order valence-corrected chi connectivity index (χ2v) is 16.1. The van der Waals surface area contributed by atoms with E-state index in [2.05, 4.69) is 85.7 Å². The van der Waals surface area contributed by atoms with Crippen molar-refractivity contribution in [2.24, 2.45) is 5.41 Å². The highest BCUT2D eigenvalue weighted by molar-refractivity contribution is 8.03. The number of allylic oxidation sites excluding steroid dienone is 6. The molecule has 10 heteroatoms. The Kier molecular flexibility index (Phi) is 9.42. The topological polar surface area (TPSA) is 59.7 Å². The molecule has 0 amide bonds. The summed E-state index contributed by atoms with van der Waals surface area (Å²) in [6.45, 7) is 10.6. The summed E-state index contributed by atoms with van der Waals surface area (Å²) in [7, 11) is -1.74. The Morgan fingerprint density at radius 1 is 1.14 bits per heavy atom. The smallest absolute Gasteiger partial charge is 0.262 e. The van der Waals surface area contributed by atoms with Gasteiger partial charge in [-0.05, 0) is 79.7 Å². The molecule has 42 heavy (non-hydrogen) atoms. The van der Waals surface area contributed by atoms with Gasteiger partial charge in [-0.25, -0.2) is 13.3 Å². The lowest BCUT2D eigenvalue weighted by atomic mass is 9.75. The minimum Gasteiger partial charge on any atom is -0.335 e. The van der Waals surface area contributed by atoms with Gasteiger partial charge in [0.1, 0.15) is 11.2 Å². The van der Waals surface area contributed by atoms with Crippen molar-refractivity contribution in [3.05, 3.63) is 81.9 Å². The van der Waals surface area contributed by atoms with Crippen LogP contribution in [0.1, 0.15) is 45.5 Å². The first kappa shape index (κ1) is 31.1. The largest absolute Gasteiger partial charge is 0.335 e. The average Bonchev–Trinajstić information content (AvgIpc) is 3.46. The van der Waals surface area contributed by atoms with Crippen LogP contribution in [0.2, 0.25) is 0 Å². The summed E-state index contributed by atoms with van der Waals surface area (Å²) in [6, 6.07) is 11.8. The fraction of sp³-hybridized carbons (Fsp3) is 0.344. The molecule has 0 spiro atoms. The number of hydrogen-bond acceptors (Lipinski definition) is 8. The van der Waals surface area contributed by atoms with Crippen molar-refractivity contribution >= 4 is 67.0 Å². The number of sulfone groups is 1. The molecule has 222 valence electrons. The number of rotatable bonds is 9. The highest BCUT2D eigenvalue weighted by Crippen LogP contribution is 2.49. The number of thioether (sulfide) groups is 1. The Labute approximate surface area is 261 Å². The van der Waals surface area contributed by atoms with Gasteiger partial charge in [0.25, 0.3) is 5.01 Å². The molecule has 5 rings (SSSR count). The van der Waals surface area contributed by atoms with E-state index in [-0.39, 0.29) is 5.41 Å². The number of anilines is 1. The fourth-order valence-electron chi connectivity index (χ4n) is 5.52. The van der Waals surface area contributed by atoms with Gasteiger partial charge in [0.2, 0.25) is 5.52 Å². The van der Waals surface area contributed by atoms with Crippen molar-refractivity contribution in [3.63, 3.8) is 0 Å². The molecular weight excluding hydrogens is 605 g/mol. The number of nitrogens with zero attached hydrogens (tertiary/aromatic N) is 2. The van der Waals surface area contributed by atoms with Crippen LogP contribution in [0.3, 0.4) is 0 Å². The number of fused-ring (bicyclic) bond motifs is 2. The summed E-state index contributed by atoms with van der Waals surface area (Å²) < 4.78 is 32.5. The van der Waals surface area contributed by atoms with Crippen molar-refractivity contribution in [1.29, 1.82) is 0 Å². The first-order chi connectivity index (χ1) is 20.0. The van der Waals surface area contributed by atoms with E-state index in [1.807, 2.05) is 17.8 Å². The molecule has 2 heterocycles. The standard InChI is InChI=1S/C32H37N2O4S4/c1-7-33-27-19-25(42(6,35)36)13-15-29(27)39-30(33)11-9-10-22-16-23(21-32(3,4)20-22)17-31-34(8-2)26-18-24(41-38-37-5)12-14-28(26)40-31/h9-19H,7-8,20-21H2,1-6H3/q+1. The SMILES string of the molecule is CCN1/C(=C/C2=CC(=C/C=C/c3sc4ccc(S(C)(=O)=O)cc4[n+]3CC)/CC(C)(C)C2)Sc2ccc(SOOC)cc21. The van der Waals surface area contributed by atoms with E-state index in [9.17, 15) is 8.42 Å². The van der Waals surface area contributed by atoms with Crippen molar-refractivity contribution in [2.45, 2.75) is 61.8 Å². The number of hydrogen-bond donors (Lipinski definition) is 0. The van der Waals surface area contributed by atoms with Gasteiger partial charge < -0.3 is 4.90 Å². The molecule has 0 radical (unpaired) electrons. The minimum absolute atomic E-state index is 0.151. The Balaban J connectivity index is 1.42. The summed E-state index contributed by atoms with van der Waals surface area (Å²) in [5.41, 5.74) is 4.94. The van der Waals surface area contributed by atoms with Crippen LogP contribution in [0.5, 0.6) is 0 Å². The van der Waals surface area contributed by atoms with E-state index in [4.69, 9.17) is 9.22 Å². The van der Waals surface area contributed by atoms with E-state index in [0.29, 0.717) is 4.90 Å². The maximum Gasteiger partial charge on any atom is 0.262 e. The highest BCUT2D eigenvalue weighted by Gasteiger charge is 2.28. The van der Waals surface area contributed by atoms with Crippen molar-refractivity contribution < 1.29 is 22.2 Å². The first-order valence-corrected chi connectivity index (χ1v) is 18.2. The third-order valence-corrected chi connectivity index (χ3v) is 11.3. The molecule has 0 saturated carbocycles. The van der Waals surface area contributed by atoms with Crippen LogP contribution in [-0.2, 0) is 25.6 Å². The molecule has 1 aliphatic heterocycles. The summed E-state index contributed by atoms with van der Waals surface area (Å²) in [6.07, 6.45) is 14.5. The van der Waals surface area contributed by atoms with E-state index in [0.717, 1.165) is 46.1 Å². The molecular formula is C32H37N2O4S4+. The molecule has 0 N–H and O–H groups in total. The van der Waals surface area contributed by atoms with Gasteiger partial charge in [-0.1, -0.05) is 55.2 Å². The Hall–Kier alpha value is -2.34. The van der Waals surface area contributed by atoms with Crippen LogP contribution >= 0.6 is 35.1 Å². The van der Waals surface area contributed by atoms with Gasteiger partial charge in [-0.2, -0.15) is 8.90 Å². The fourth-order valence-corrected chi connectivity index (χ4v) is 8.89. The van der Waals surface area contributed by atoms with Crippen LogP contribution < -0.4 is 9.47 Å². The number of aryl methyl sites for hydroxylation is 1. The third kappa shape index (κ3) is 6.90. The maximum atomic E-state index is 12.1. The molecule has 0 bridgehead atoms. The van der Waals surface area contributed by atoms with Crippen LogP contribution in [0.15, 0.2) is 91.6 Å². The molecule has 2 aromatic carbocycles. The molecule has 0 saturated heterocycles. The van der Waals surface area contributed by atoms with Gasteiger partial charge in [-0.3, -0.25) is 0 Å². The van der Waals surface area contributed by atoms with E-state index in [1.165, 1.54) is 52.2 Å². The zero-order valence-corrected chi connectivity index (χ0v) is 28.1. The van der Waals surface area contributed by atoms with Gasteiger partial charge in [0, 0.05) is 34.7 Å². The average molecular weight is 642 g/mol. The third-order valence-electron chi connectivity index (χ3n) is 7.26.